The van der Waals surface area contributed by atoms with Gasteiger partial charge in [-0.05, 0) is 216 Å². The van der Waals surface area contributed by atoms with Gasteiger partial charge in [0.1, 0.15) is 28.9 Å². The number of fused-ring (bicyclic) bond motifs is 3. The minimum Gasteiger partial charge on any atom is -0.489 e. The summed E-state index contributed by atoms with van der Waals surface area (Å²) in [5.41, 5.74) is 8.45. The number of aliphatic imine (C=N–C) groups is 11. The van der Waals surface area contributed by atoms with E-state index in [-0.39, 0.29) is 16.7 Å². The molecule has 750 valence electrons. The van der Waals surface area contributed by atoms with Crippen molar-refractivity contribution < 1.29 is 35.5 Å². The first-order chi connectivity index (χ1) is 72.3. The molecule has 0 N–H and O–H groups in total. The van der Waals surface area contributed by atoms with Gasteiger partial charge in [-0.25, -0.2) is 13.4 Å². The van der Waals surface area contributed by atoms with Crippen LogP contribution >= 0.6 is 203 Å². The van der Waals surface area contributed by atoms with Crippen LogP contribution in [0.3, 0.4) is 0 Å². The van der Waals surface area contributed by atoms with Crippen LogP contribution < -0.4 is 9.47 Å². The summed E-state index contributed by atoms with van der Waals surface area (Å²) in [7, 11) is -3.24. The Balaban J connectivity index is 0.000000222. The van der Waals surface area contributed by atoms with Crippen molar-refractivity contribution in [2.45, 2.75) is 54.6 Å². The molecule has 10 aromatic carbocycles. The minimum atomic E-state index is -4.25. The first-order valence-corrected chi connectivity index (χ1v) is 55.6. The zero-order valence-electron chi connectivity index (χ0n) is 78.4. The molecule has 16 aromatic rings. The number of halogens is 3. The van der Waals surface area contributed by atoms with Crippen LogP contribution in [0, 0.1) is 0 Å². The first-order valence-electron chi connectivity index (χ1n) is 43.6. The largest absolute Gasteiger partial charge is 0.489 e. The van der Waals surface area contributed by atoms with E-state index in [0.717, 1.165) is 81.3 Å². The van der Waals surface area contributed by atoms with Gasteiger partial charge in [-0.15, -0.1) is 34.0 Å². The van der Waals surface area contributed by atoms with Crippen molar-refractivity contribution in [3.63, 3.8) is 0 Å². The van der Waals surface area contributed by atoms with Gasteiger partial charge in [-0.1, -0.05) is 292 Å². The van der Waals surface area contributed by atoms with Gasteiger partial charge in [0.2, 0.25) is 9.84 Å². The fraction of sp³-hybridized carbons (Fsp3) is 0.0631. The Morgan fingerprint density at radius 2 is 0.858 bits per heavy atom. The highest BCUT2D eigenvalue weighted by atomic mass is 32.2. The number of thioether (sulfide) groups is 1. The maximum atomic E-state index is 12.1. The number of ether oxygens (including phenoxy) is 2. The number of thiocarbonyl (C=S) groups is 11. The second-order valence-electron chi connectivity index (χ2n) is 28.2. The van der Waals surface area contributed by atoms with Crippen LogP contribution in [0.5, 0.6) is 17.2 Å². The van der Waals surface area contributed by atoms with Crippen molar-refractivity contribution in [3.05, 3.63) is 380 Å². The Morgan fingerprint density at radius 1 is 0.365 bits per heavy atom. The molecule has 148 heavy (non-hydrogen) atoms. The summed E-state index contributed by atoms with van der Waals surface area (Å²) in [6.45, 7) is 3.73. The molecule has 37 heteroatoms. The number of thiophene rings is 5. The quantitative estimate of drug-likeness (QED) is 0.0209. The Morgan fingerprint density at radius 3 is 1.43 bits per heavy atom. The summed E-state index contributed by atoms with van der Waals surface area (Å²) in [6, 6.07) is 93.2. The number of benzene rings is 10. The summed E-state index contributed by atoms with van der Waals surface area (Å²) >= 11 is 59.1. The van der Waals surface area contributed by atoms with Gasteiger partial charge < -0.3 is 13.9 Å². The van der Waals surface area contributed by atoms with Crippen LogP contribution in [-0.2, 0) is 49.2 Å². The molecule has 0 fully saturated rings. The predicted octanol–water partition coefficient (Wildman–Crippen LogP) is 34.2. The van der Waals surface area contributed by atoms with Gasteiger partial charge in [-0.2, -0.15) is 35.8 Å². The summed E-state index contributed by atoms with van der Waals surface area (Å²) in [5.74, 6) is 2.37. The molecule has 17 rings (SSSR count). The van der Waals surface area contributed by atoms with E-state index in [4.69, 9.17) is 26.1 Å². The number of hydrogen-bond donors (Lipinski definition) is 0. The van der Waals surface area contributed by atoms with Crippen LogP contribution in [0.4, 0.5) is 46.6 Å². The van der Waals surface area contributed by atoms with Gasteiger partial charge in [0.15, 0.2) is 0 Å². The molecular formula is C111H92F3N11O5S18. The Hall–Kier alpha value is -12.7. The molecule has 7 heterocycles. The number of sulfone groups is 1. The molecule has 0 unspecified atom stereocenters. The molecule has 0 bridgehead atoms. The van der Waals surface area contributed by atoms with Gasteiger partial charge in [-0.3, -0.25) is 49.9 Å². The molecule has 0 aliphatic carbocycles. The van der Waals surface area contributed by atoms with Gasteiger partial charge in [0, 0.05) is 175 Å². The molecule has 1 aliphatic rings. The number of nitrogens with zero attached hydrogens (tertiary/aromatic N) is 11. The molecule has 0 saturated heterocycles. The molecular weight excluding hydrogens is 2200 g/mol. The lowest BCUT2D eigenvalue weighted by Crippen LogP contribution is -1.99. The molecule has 0 radical (unpaired) electrons. The van der Waals surface area contributed by atoms with Crippen molar-refractivity contribution in [1.29, 1.82) is 0 Å². The first kappa shape index (κ1) is 122. The second kappa shape index (κ2) is 75.9. The van der Waals surface area contributed by atoms with Crippen LogP contribution in [0.25, 0.3) is 37.4 Å². The molecule has 6 aromatic heterocycles. The predicted molar refractivity (Wildman–Crippen MR) is 678 cm³/mol. The van der Waals surface area contributed by atoms with Crippen LogP contribution in [0.15, 0.2) is 411 Å². The summed E-state index contributed by atoms with van der Waals surface area (Å²) < 4.78 is 78.2. The summed E-state index contributed by atoms with van der Waals surface area (Å²) in [4.78, 5) is 46.6. The fourth-order valence-corrected chi connectivity index (χ4v) is 17.9. The van der Waals surface area contributed by atoms with E-state index in [0.29, 0.717) is 35.8 Å². The van der Waals surface area contributed by atoms with Gasteiger partial charge >= 0.3 is 5.51 Å². The van der Waals surface area contributed by atoms with Crippen molar-refractivity contribution in [2.75, 3.05) is 0 Å². The van der Waals surface area contributed by atoms with Gasteiger partial charge in [0.25, 0.3) is 0 Å². The number of rotatable bonds is 34. The van der Waals surface area contributed by atoms with E-state index in [2.05, 4.69) is 273 Å². The van der Waals surface area contributed by atoms with E-state index in [1.807, 2.05) is 185 Å². The smallest absolute Gasteiger partial charge is 0.446 e. The topological polar surface area (TPSA) is 202 Å². The normalized spacial score (nSPS) is 11.3. The van der Waals surface area contributed by atoms with E-state index in [1.165, 1.54) is 136 Å². The lowest BCUT2D eigenvalue weighted by molar-refractivity contribution is -0.0328. The average molecular weight is 2290 g/mol. The highest BCUT2D eigenvalue weighted by molar-refractivity contribution is 8.00. The third-order valence-electron chi connectivity index (χ3n) is 17.8. The third kappa shape index (κ3) is 52.7. The van der Waals surface area contributed by atoms with Crippen molar-refractivity contribution >= 4 is 400 Å². The lowest BCUT2D eigenvalue weighted by Gasteiger charge is -2.06. The summed E-state index contributed by atoms with van der Waals surface area (Å²) in [6.07, 6.45) is 22.4. The number of alkyl halides is 3. The van der Waals surface area contributed by atoms with Gasteiger partial charge in [0.05, 0.1) is 78.6 Å². The molecule has 16 nitrogen and oxygen atoms in total. The molecule has 0 spiro atoms. The molecule has 0 atom stereocenters. The van der Waals surface area contributed by atoms with Crippen molar-refractivity contribution in [3.8, 4) is 28.4 Å². The Bertz CT molecular complexity index is 7060. The molecule has 0 saturated carbocycles. The number of furan rings is 1. The average Bonchev–Trinajstić information content (AvgIpc) is 1.64. The summed E-state index contributed by atoms with van der Waals surface area (Å²) in [5, 5.41) is 33.3. The Kier molecular flexibility index (Phi) is 62.7. The second-order valence-corrected chi connectivity index (χ2v) is 38.7. The Labute approximate surface area is 942 Å². The number of hydrogen-bond acceptors (Lipinski definition) is 33. The van der Waals surface area contributed by atoms with E-state index in [1.54, 1.807) is 162 Å². The van der Waals surface area contributed by atoms with Crippen LogP contribution in [0.1, 0.15) is 38.3 Å². The zero-order valence-corrected chi connectivity index (χ0v) is 93.1. The maximum absolute atomic E-state index is 12.1. The van der Waals surface area contributed by atoms with Crippen LogP contribution in [-0.4, -0.2) is 141 Å². The maximum Gasteiger partial charge on any atom is 0.446 e. The standard InChI is InChI=1S/C15H13NOS.C14H11NOS.C14H11NS.2C11H9NS2.C10H8F3NS2.C10H7NO2S2.C7H7NOS.C7H7NS2.2C6H5NS2/c18-10-9-16-14-7-4-8-15(11-14)17-12-13-5-2-1-3-6-13;17-10-9-15-12-5-4-8-14(11-12)16-13-6-2-1-3-7-13;16-11-10-15-14-8-6-13(7-9-14)12-4-2-1-3-5-12;13-6-5-12-7-9-8-14-11-4-2-1-3-10(9)11;13-6-5-12-8-10-7-9-3-1-2-4-11(9)14-10;11-10(12,13)16-9-3-1-2-8(6-9)7-14-4-5-15;12-15(13)6-3-8-1-2-9(7-10(8)15)11-4-5-14;10-4-2-8-5-7-1-3-9-6-7;9-3-2-8-5-7-1-4-10-6-7;8-3-2-7-6-1-4-9-5-6;8-4-3-7-6-2-1-5-9-6/h1-11H,12H2;1-11H;1-11H;1-6,8H,7H2;1-7H,8H2;1-6H,7H2;1-7H;2*1-4,6H,5H2;2*1-5H. The fourth-order valence-electron chi connectivity index (χ4n) is 11.5. The zero-order chi connectivity index (χ0) is 106. The van der Waals surface area contributed by atoms with E-state index >= 15 is 0 Å². The monoisotopic (exact) mass is 2290 g/mol. The molecule has 1 aliphatic heterocycles. The third-order valence-corrected chi connectivity index (χ3v) is 25.6. The highest BCUT2D eigenvalue weighted by Crippen LogP contribution is 2.38. The van der Waals surface area contributed by atoms with Crippen molar-refractivity contribution in [2.24, 2.45) is 54.9 Å². The molecule has 0 amide bonds. The highest BCUT2D eigenvalue weighted by Gasteiger charge is 2.29. The SMILES string of the molecule is FC(F)(F)Sc1cccc(CN=CC=S)c1.O=S1(=O)C=Cc2ccc(N=CC=S)cc21.S=CC=NCc1cc2ccccc2s1.S=CC=NCc1ccoc1.S=CC=NCc1ccsc1.S=CC=NCc1csc2ccccc12.S=CC=Nc1ccc(-c2ccccc2)cc1.S=CC=Nc1cccc(OCc2ccccc2)c1.S=CC=Nc1cccc(Oc2ccccc2)c1.S=CC=Nc1cccs1.S=CC=Nc1ccsc1. The van der Waals surface area contributed by atoms with E-state index < -0.39 is 15.3 Å². The minimum absolute atomic E-state index is 0.126. The lowest BCUT2D eigenvalue weighted by atomic mass is 10.1. The van der Waals surface area contributed by atoms with E-state index in [9.17, 15) is 21.6 Å². The van der Waals surface area contributed by atoms with Crippen molar-refractivity contribution in [1.82, 2.24) is 0 Å². The van der Waals surface area contributed by atoms with Crippen LogP contribution in [0.2, 0.25) is 0 Å². The number of para-hydroxylation sites is 1.